The van der Waals surface area contributed by atoms with Gasteiger partial charge in [-0.05, 0) is 92.1 Å². The summed E-state index contributed by atoms with van der Waals surface area (Å²) in [7, 11) is 0. The lowest BCUT2D eigenvalue weighted by Gasteiger charge is -2.30. The number of ether oxygens (including phenoxy) is 3. The van der Waals surface area contributed by atoms with Crippen LogP contribution in [0.25, 0.3) is 0 Å². The molecule has 3 aromatic rings. The molecule has 3 N–H and O–H groups in total. The molecule has 16 heteroatoms. The molecule has 6 rings (SSSR count). The Morgan fingerprint density at radius 1 is 0.258 bits per heavy atom. The third-order valence-corrected chi connectivity index (χ3v) is 18.7. The minimum atomic E-state index is -0.358. The monoisotopic (exact) mass is 1330 g/mol. The molecule has 3 heterocycles. The Hall–Kier alpha value is -6.71. The Morgan fingerprint density at radius 3 is 0.619 bits per heavy atom. The highest BCUT2D eigenvalue weighted by atomic mass is 16.5. The molecule has 0 saturated heterocycles. The SMILES string of the molecule is CCCCCCCCCCCCCCCCCCOC(=O)c1ccc(NC2=NC3=NC(Nc4ccc(C(=O)OCCCCCCCCCCCCCCCCCC)cc4)=NC4=NC(Nc5ccc(C(=O)OCCCCCCCCCCCCCCCCCC)cc5)=NC(=N2)N34)cc1. The minimum absolute atomic E-state index is 0.194. The van der Waals surface area contributed by atoms with E-state index < -0.39 is 0 Å². The van der Waals surface area contributed by atoms with Crippen molar-refractivity contribution in [2.24, 2.45) is 30.0 Å². The Bertz CT molecular complexity index is 2530. The second-order valence-corrected chi connectivity index (χ2v) is 27.3. The number of anilines is 3. The number of esters is 3. The number of nitrogens with zero attached hydrogens (tertiary/aromatic N) is 7. The van der Waals surface area contributed by atoms with E-state index >= 15 is 0 Å². The van der Waals surface area contributed by atoms with Gasteiger partial charge in [-0.3, -0.25) is 0 Å². The second-order valence-electron chi connectivity index (χ2n) is 27.3. The molecule has 0 radical (unpaired) electrons. The summed E-state index contributed by atoms with van der Waals surface area (Å²) in [6.45, 7) is 8.01. The van der Waals surface area contributed by atoms with Gasteiger partial charge in [0.25, 0.3) is 0 Å². The first-order chi connectivity index (χ1) is 47.8. The zero-order valence-electron chi connectivity index (χ0n) is 60.6. The van der Waals surface area contributed by atoms with Crippen molar-refractivity contribution in [3.05, 3.63) is 89.5 Å². The van der Waals surface area contributed by atoms with E-state index in [0.717, 1.165) is 57.8 Å². The van der Waals surface area contributed by atoms with E-state index in [1.165, 1.54) is 250 Å². The quantitative estimate of drug-likeness (QED) is 0.0278. The van der Waals surface area contributed by atoms with Gasteiger partial charge in [-0.2, -0.15) is 30.0 Å². The van der Waals surface area contributed by atoms with Crippen molar-refractivity contribution >= 4 is 70.7 Å². The van der Waals surface area contributed by atoms with Gasteiger partial charge in [0.05, 0.1) is 36.5 Å². The van der Waals surface area contributed by atoms with Crippen LogP contribution in [0.15, 0.2) is 103 Å². The Labute approximate surface area is 585 Å². The molecule has 536 valence electrons. The molecule has 3 aromatic carbocycles. The summed E-state index contributed by atoms with van der Waals surface area (Å²) in [4.78, 5) is 69.4. The number of carbonyl (C=O) groups excluding carboxylic acids is 3. The topological polar surface area (TPSA) is 192 Å². The van der Waals surface area contributed by atoms with Crippen molar-refractivity contribution < 1.29 is 28.6 Å². The number of aliphatic imine (C=N–C) groups is 6. The smallest absolute Gasteiger partial charge is 0.338 e. The van der Waals surface area contributed by atoms with Crippen molar-refractivity contribution in [3.63, 3.8) is 0 Å². The van der Waals surface area contributed by atoms with Gasteiger partial charge in [-0.1, -0.05) is 310 Å². The third kappa shape index (κ3) is 34.6. The van der Waals surface area contributed by atoms with E-state index in [-0.39, 0.29) is 53.7 Å². The predicted molar refractivity (Wildman–Crippen MR) is 406 cm³/mol. The van der Waals surface area contributed by atoms with E-state index in [2.05, 4.69) is 36.7 Å². The largest absolute Gasteiger partial charge is 0.462 e. The molecule has 0 aliphatic carbocycles. The maximum Gasteiger partial charge on any atom is 0.338 e. The van der Waals surface area contributed by atoms with Crippen molar-refractivity contribution in [2.45, 2.75) is 329 Å². The number of rotatable bonds is 57. The number of hydrogen-bond acceptors (Lipinski definition) is 16. The number of unbranched alkanes of at least 4 members (excludes halogenated alkanes) is 45. The number of guanidine groups is 6. The molecule has 0 amide bonds. The third-order valence-electron chi connectivity index (χ3n) is 18.7. The summed E-state index contributed by atoms with van der Waals surface area (Å²) in [5.41, 5.74) is 3.25. The van der Waals surface area contributed by atoms with Crippen molar-refractivity contribution in [3.8, 4) is 0 Å². The van der Waals surface area contributed by atoms with Crippen molar-refractivity contribution in [1.29, 1.82) is 0 Å². The maximum atomic E-state index is 13.1. The lowest BCUT2D eigenvalue weighted by Crippen LogP contribution is -2.49. The van der Waals surface area contributed by atoms with E-state index in [1.807, 2.05) is 0 Å². The summed E-state index contributed by atoms with van der Waals surface area (Å²) in [5.74, 6) is 0.126. The lowest BCUT2D eigenvalue weighted by molar-refractivity contribution is 0.0488. The fraction of sp³-hybridized carbons (Fsp3) is 0.667. The molecule has 0 bridgehead atoms. The van der Waals surface area contributed by atoms with Gasteiger partial charge in [-0.15, -0.1) is 0 Å². The van der Waals surface area contributed by atoms with E-state index in [1.54, 1.807) is 77.7 Å². The molecule has 0 atom stereocenters. The number of carbonyl (C=O) groups is 3. The van der Waals surface area contributed by atoms with Crippen LogP contribution in [0, 0.1) is 0 Å². The highest BCUT2D eigenvalue weighted by molar-refractivity contribution is 6.32. The highest BCUT2D eigenvalue weighted by Gasteiger charge is 2.35. The van der Waals surface area contributed by atoms with Crippen LogP contribution in [0.4, 0.5) is 17.1 Å². The maximum absolute atomic E-state index is 13.1. The van der Waals surface area contributed by atoms with Gasteiger partial charge >= 0.3 is 17.9 Å². The summed E-state index contributed by atoms with van der Waals surface area (Å²) >= 11 is 0. The number of benzene rings is 3. The summed E-state index contributed by atoms with van der Waals surface area (Å²) in [5, 5.41) is 9.79. The first kappa shape index (κ1) is 79.3. The summed E-state index contributed by atoms with van der Waals surface area (Å²) in [6, 6.07) is 21.0. The van der Waals surface area contributed by atoms with Crippen LogP contribution in [-0.4, -0.2) is 78.4 Å². The molecule has 3 aliphatic heterocycles. The normalized spacial score (nSPS) is 13.2. The van der Waals surface area contributed by atoms with Gasteiger partial charge in [0.1, 0.15) is 0 Å². The average molecular weight is 1340 g/mol. The first-order valence-electron chi connectivity index (χ1n) is 39.3. The van der Waals surface area contributed by atoms with Gasteiger partial charge in [-0.25, -0.2) is 19.3 Å². The van der Waals surface area contributed by atoms with Crippen LogP contribution < -0.4 is 16.0 Å². The molecular weight excluding hydrogens is 1210 g/mol. The fourth-order valence-electron chi connectivity index (χ4n) is 12.6. The lowest BCUT2D eigenvalue weighted by atomic mass is 10.0. The van der Waals surface area contributed by atoms with Crippen LogP contribution in [0.2, 0.25) is 0 Å². The molecular formula is C81H126N10O6. The Balaban J connectivity index is 0.957. The van der Waals surface area contributed by atoms with E-state index in [0.29, 0.717) is 53.6 Å². The molecule has 0 unspecified atom stereocenters. The zero-order chi connectivity index (χ0) is 68.3. The molecule has 0 saturated carbocycles. The fourth-order valence-corrected chi connectivity index (χ4v) is 12.6. The van der Waals surface area contributed by atoms with Crippen LogP contribution in [0.1, 0.15) is 360 Å². The van der Waals surface area contributed by atoms with Crippen LogP contribution in [0.5, 0.6) is 0 Å². The molecule has 0 aromatic heterocycles. The molecule has 0 spiro atoms. The standard InChI is InChI=1S/C81H126N10O6/c1-4-7-10-13-16-19-22-25-28-31-34-37-40-43-46-49-64-95-73(92)67-52-58-70(59-53-67)82-76-85-79-87-77(83-71-60-54-68(55-61-71)74(93)96-65-50-47-44-41-38-35-32-29-26-23-20-17-14-11-8-5-2)89-81-90-78(88-80(86-76)91(79)81)84-72-62-56-69(57-63-72)75(94)97-66-51-48-45-42-39-36-33-30-27-24-21-18-15-12-9-6-3/h52-63H,4-51,64-66H2,1-3H3,(H3,82,83,84,85,86,87,88,89,90). The number of nitrogens with one attached hydrogen (secondary N) is 3. The van der Waals surface area contributed by atoms with Gasteiger partial charge in [0, 0.05) is 17.1 Å². The molecule has 0 fully saturated rings. The van der Waals surface area contributed by atoms with E-state index in [9.17, 15) is 14.4 Å². The molecule has 97 heavy (non-hydrogen) atoms. The van der Waals surface area contributed by atoms with Gasteiger partial charge < -0.3 is 30.2 Å². The Kier molecular flexibility index (Phi) is 42.1. The van der Waals surface area contributed by atoms with Crippen molar-refractivity contribution in [1.82, 2.24) is 4.90 Å². The second kappa shape index (κ2) is 51.5. The van der Waals surface area contributed by atoms with E-state index in [4.69, 9.17) is 44.2 Å². The van der Waals surface area contributed by atoms with Crippen LogP contribution in [-0.2, 0) is 14.2 Å². The first-order valence-corrected chi connectivity index (χ1v) is 39.3. The van der Waals surface area contributed by atoms with Crippen LogP contribution >= 0.6 is 0 Å². The highest BCUT2D eigenvalue weighted by Crippen LogP contribution is 2.24. The summed E-state index contributed by atoms with van der Waals surface area (Å²) < 4.78 is 17.0. The van der Waals surface area contributed by atoms with Crippen LogP contribution in [0.3, 0.4) is 0 Å². The number of hydrogen-bond donors (Lipinski definition) is 3. The minimum Gasteiger partial charge on any atom is -0.462 e. The van der Waals surface area contributed by atoms with Gasteiger partial charge in [0.2, 0.25) is 35.8 Å². The van der Waals surface area contributed by atoms with Crippen molar-refractivity contribution in [2.75, 3.05) is 35.8 Å². The molecule has 3 aliphatic rings. The predicted octanol–water partition coefficient (Wildman–Crippen LogP) is 23.1. The Morgan fingerprint density at radius 2 is 0.433 bits per heavy atom. The summed E-state index contributed by atoms with van der Waals surface area (Å²) in [6.07, 6.45) is 61.9. The molecule has 16 nitrogen and oxygen atoms in total. The van der Waals surface area contributed by atoms with Gasteiger partial charge in [0.15, 0.2) is 0 Å². The average Bonchev–Trinajstić information content (AvgIpc) is 0.760. The zero-order valence-corrected chi connectivity index (χ0v) is 60.6.